The van der Waals surface area contributed by atoms with Crippen molar-refractivity contribution in [3.63, 3.8) is 0 Å². The van der Waals surface area contributed by atoms with Crippen LogP contribution in [0.5, 0.6) is 0 Å². The molecule has 1 aromatic carbocycles. The Balaban J connectivity index is 2.68. The van der Waals surface area contributed by atoms with E-state index < -0.39 is 0 Å². The number of nitrogens with one attached hydrogen (secondary N) is 1. The van der Waals surface area contributed by atoms with Crippen molar-refractivity contribution < 1.29 is 0 Å². The quantitative estimate of drug-likeness (QED) is 0.831. The zero-order chi connectivity index (χ0) is 10.4. The summed E-state index contributed by atoms with van der Waals surface area (Å²) in [6.07, 6.45) is 3.27. The average Bonchev–Trinajstić information content (AvgIpc) is 2.19. The van der Waals surface area contributed by atoms with Crippen LogP contribution < -0.4 is 5.32 Å². The fraction of sp³-hybridized carbons (Fsp3) is 0.455. The highest BCUT2D eigenvalue weighted by molar-refractivity contribution is 7.98. The lowest BCUT2D eigenvalue weighted by Gasteiger charge is -2.16. The first-order chi connectivity index (χ1) is 6.77. The van der Waals surface area contributed by atoms with Crippen LogP contribution in [0.4, 0.5) is 0 Å². The van der Waals surface area contributed by atoms with Crippen molar-refractivity contribution in [2.45, 2.75) is 12.5 Å². The molecule has 0 heterocycles. The molecule has 3 heteroatoms. The number of hydrogen-bond donors (Lipinski definition) is 1. The van der Waals surface area contributed by atoms with Gasteiger partial charge in [0.15, 0.2) is 0 Å². The van der Waals surface area contributed by atoms with Crippen LogP contribution in [0.3, 0.4) is 0 Å². The van der Waals surface area contributed by atoms with Gasteiger partial charge in [0.2, 0.25) is 0 Å². The number of thioether (sulfide) groups is 1. The maximum Gasteiger partial charge on any atom is 0.0409 e. The zero-order valence-corrected chi connectivity index (χ0v) is 10.2. The van der Waals surface area contributed by atoms with Gasteiger partial charge in [-0.1, -0.05) is 23.7 Å². The summed E-state index contributed by atoms with van der Waals surface area (Å²) >= 11 is 7.82. The summed E-state index contributed by atoms with van der Waals surface area (Å²) < 4.78 is 0. The van der Waals surface area contributed by atoms with Crippen LogP contribution in [0, 0.1) is 0 Å². The lowest BCUT2D eigenvalue weighted by Crippen LogP contribution is -2.16. The first kappa shape index (κ1) is 11.9. The predicted molar refractivity (Wildman–Crippen MR) is 66.3 cm³/mol. The van der Waals surface area contributed by atoms with Crippen LogP contribution in [0.1, 0.15) is 18.0 Å². The highest BCUT2D eigenvalue weighted by Gasteiger charge is 2.08. The first-order valence-electron chi connectivity index (χ1n) is 4.69. The third-order valence-corrected chi connectivity index (χ3v) is 3.09. The van der Waals surface area contributed by atoms with Crippen LogP contribution in [0.15, 0.2) is 24.3 Å². The van der Waals surface area contributed by atoms with E-state index >= 15 is 0 Å². The van der Waals surface area contributed by atoms with Crippen molar-refractivity contribution in [2.24, 2.45) is 0 Å². The Morgan fingerprint density at radius 3 is 2.86 bits per heavy atom. The molecule has 78 valence electrons. The second kappa shape index (κ2) is 6.33. The Hall–Kier alpha value is -0.180. The maximum atomic E-state index is 5.95. The monoisotopic (exact) mass is 229 g/mol. The standard InChI is InChI=1S/C11H16ClNS/c1-13-11(6-7-14-2)9-4-3-5-10(12)8-9/h3-5,8,11,13H,6-7H2,1-2H3. The molecule has 1 unspecified atom stereocenters. The minimum absolute atomic E-state index is 0.418. The molecule has 1 atom stereocenters. The molecule has 0 radical (unpaired) electrons. The van der Waals surface area contributed by atoms with E-state index in [2.05, 4.69) is 17.6 Å². The highest BCUT2D eigenvalue weighted by atomic mass is 35.5. The third kappa shape index (κ3) is 3.52. The van der Waals surface area contributed by atoms with Crippen molar-refractivity contribution in [1.29, 1.82) is 0 Å². The Morgan fingerprint density at radius 2 is 2.29 bits per heavy atom. The third-order valence-electron chi connectivity index (χ3n) is 2.21. The molecule has 0 amide bonds. The number of rotatable bonds is 5. The van der Waals surface area contributed by atoms with Crippen molar-refractivity contribution in [3.8, 4) is 0 Å². The van der Waals surface area contributed by atoms with Gasteiger partial charge in [0, 0.05) is 11.1 Å². The van der Waals surface area contributed by atoms with Gasteiger partial charge in [-0.05, 0) is 43.2 Å². The fourth-order valence-electron chi connectivity index (χ4n) is 1.44. The van der Waals surface area contributed by atoms with Gasteiger partial charge in [0.1, 0.15) is 0 Å². The molecule has 0 aliphatic rings. The van der Waals surface area contributed by atoms with Crippen LogP contribution in [-0.2, 0) is 0 Å². The van der Waals surface area contributed by atoms with Crippen LogP contribution in [0.25, 0.3) is 0 Å². The SMILES string of the molecule is CNC(CCSC)c1cccc(Cl)c1. The average molecular weight is 230 g/mol. The number of hydrogen-bond acceptors (Lipinski definition) is 2. The maximum absolute atomic E-state index is 5.95. The number of halogens is 1. The molecule has 1 rings (SSSR count). The smallest absolute Gasteiger partial charge is 0.0409 e. The molecule has 0 spiro atoms. The van der Waals surface area contributed by atoms with E-state index in [1.54, 1.807) is 0 Å². The molecule has 1 nitrogen and oxygen atoms in total. The minimum atomic E-state index is 0.418. The van der Waals surface area contributed by atoms with Gasteiger partial charge in [0.05, 0.1) is 0 Å². The molecule has 0 aliphatic carbocycles. The Labute approximate surface area is 95.2 Å². The fourth-order valence-corrected chi connectivity index (χ4v) is 2.11. The van der Waals surface area contributed by atoms with E-state index in [0.717, 1.165) is 17.2 Å². The summed E-state index contributed by atoms with van der Waals surface area (Å²) in [6.45, 7) is 0. The molecule has 0 saturated heterocycles. The van der Waals surface area contributed by atoms with Gasteiger partial charge in [-0.2, -0.15) is 11.8 Å². The van der Waals surface area contributed by atoms with E-state index in [0.29, 0.717) is 6.04 Å². The Kier molecular flexibility index (Phi) is 5.38. The topological polar surface area (TPSA) is 12.0 Å². The molecule has 0 saturated carbocycles. The Morgan fingerprint density at radius 1 is 1.50 bits per heavy atom. The lowest BCUT2D eigenvalue weighted by atomic mass is 10.1. The summed E-state index contributed by atoms with van der Waals surface area (Å²) in [5.74, 6) is 1.16. The Bertz CT molecular complexity index is 278. The summed E-state index contributed by atoms with van der Waals surface area (Å²) in [7, 11) is 1.99. The molecule has 1 N–H and O–H groups in total. The summed E-state index contributed by atoms with van der Waals surface area (Å²) in [5, 5.41) is 4.12. The van der Waals surface area contributed by atoms with Gasteiger partial charge in [-0.15, -0.1) is 0 Å². The van der Waals surface area contributed by atoms with Crippen LogP contribution >= 0.6 is 23.4 Å². The normalized spacial score (nSPS) is 12.8. The molecule has 0 bridgehead atoms. The van der Waals surface area contributed by atoms with Gasteiger partial charge >= 0.3 is 0 Å². The second-order valence-electron chi connectivity index (χ2n) is 3.18. The lowest BCUT2D eigenvalue weighted by molar-refractivity contribution is 0.581. The van der Waals surface area contributed by atoms with Crippen molar-refractivity contribution in [1.82, 2.24) is 5.32 Å². The molecular weight excluding hydrogens is 214 g/mol. The molecule has 14 heavy (non-hydrogen) atoms. The summed E-state index contributed by atoms with van der Waals surface area (Å²) in [6, 6.07) is 8.48. The van der Waals surface area contributed by atoms with E-state index in [9.17, 15) is 0 Å². The molecule has 0 aliphatic heterocycles. The highest BCUT2D eigenvalue weighted by Crippen LogP contribution is 2.21. The second-order valence-corrected chi connectivity index (χ2v) is 4.60. The molecule has 0 fully saturated rings. The van der Waals surface area contributed by atoms with Crippen molar-refractivity contribution in [2.75, 3.05) is 19.1 Å². The number of benzene rings is 1. The van der Waals surface area contributed by atoms with E-state index in [-0.39, 0.29) is 0 Å². The van der Waals surface area contributed by atoms with Gasteiger partial charge in [0.25, 0.3) is 0 Å². The van der Waals surface area contributed by atoms with Crippen molar-refractivity contribution in [3.05, 3.63) is 34.9 Å². The summed E-state index contributed by atoms with van der Waals surface area (Å²) in [5.41, 5.74) is 1.27. The first-order valence-corrected chi connectivity index (χ1v) is 6.46. The van der Waals surface area contributed by atoms with Gasteiger partial charge in [-0.25, -0.2) is 0 Å². The van der Waals surface area contributed by atoms with E-state index in [1.807, 2.05) is 37.0 Å². The predicted octanol–water partition coefficient (Wildman–Crippen LogP) is 3.35. The van der Waals surface area contributed by atoms with E-state index in [1.165, 1.54) is 5.56 Å². The molecular formula is C11H16ClNS. The largest absolute Gasteiger partial charge is 0.313 e. The molecule has 0 aromatic heterocycles. The van der Waals surface area contributed by atoms with Gasteiger partial charge < -0.3 is 5.32 Å². The summed E-state index contributed by atoms with van der Waals surface area (Å²) in [4.78, 5) is 0. The zero-order valence-electron chi connectivity index (χ0n) is 8.59. The van der Waals surface area contributed by atoms with Crippen LogP contribution in [0.2, 0.25) is 5.02 Å². The van der Waals surface area contributed by atoms with Gasteiger partial charge in [-0.3, -0.25) is 0 Å². The minimum Gasteiger partial charge on any atom is -0.313 e. The van der Waals surface area contributed by atoms with Crippen molar-refractivity contribution >= 4 is 23.4 Å². The van der Waals surface area contributed by atoms with E-state index in [4.69, 9.17) is 11.6 Å². The van der Waals surface area contributed by atoms with Crippen LogP contribution in [-0.4, -0.2) is 19.1 Å². The molecule has 1 aromatic rings.